The predicted molar refractivity (Wildman–Crippen MR) is 77.6 cm³/mol. The summed E-state index contributed by atoms with van der Waals surface area (Å²) in [5, 5.41) is 14.4. The summed E-state index contributed by atoms with van der Waals surface area (Å²) in [6.07, 6.45) is 4.26. The lowest BCUT2D eigenvalue weighted by Gasteiger charge is -2.16. The number of aromatic nitrogens is 3. The average Bonchev–Trinajstić information content (AvgIpc) is 3.19. The van der Waals surface area contributed by atoms with Crippen LogP contribution in [-0.2, 0) is 0 Å². The standard InChI is InChI=1S/C15H18ClN3O/c1-10(11-7-8-11)19-9-17-15(18-19)13(14(16)20)12-5-3-2-4-6-12/h2-6,9-11,13-14,20H,7-8H2,1H3. The van der Waals surface area contributed by atoms with E-state index >= 15 is 0 Å². The van der Waals surface area contributed by atoms with E-state index in [9.17, 15) is 5.11 Å². The third-order valence-corrected chi connectivity index (χ3v) is 4.21. The molecule has 1 aliphatic rings. The molecule has 1 heterocycles. The summed E-state index contributed by atoms with van der Waals surface area (Å²) in [5.74, 6) is 0.886. The maximum absolute atomic E-state index is 9.86. The van der Waals surface area contributed by atoms with Gasteiger partial charge in [-0.3, -0.25) is 0 Å². The van der Waals surface area contributed by atoms with Crippen molar-refractivity contribution in [2.45, 2.75) is 37.3 Å². The van der Waals surface area contributed by atoms with Crippen molar-refractivity contribution in [1.29, 1.82) is 0 Å². The van der Waals surface area contributed by atoms with E-state index in [0.29, 0.717) is 17.8 Å². The van der Waals surface area contributed by atoms with Crippen molar-refractivity contribution >= 4 is 11.6 Å². The van der Waals surface area contributed by atoms with E-state index in [1.54, 1.807) is 6.33 Å². The number of aliphatic hydroxyl groups excluding tert-OH is 1. The van der Waals surface area contributed by atoms with Gasteiger partial charge in [0.05, 0.1) is 12.0 Å². The van der Waals surface area contributed by atoms with Crippen molar-refractivity contribution in [3.63, 3.8) is 0 Å². The molecule has 1 aromatic carbocycles. The second-order valence-corrected chi connectivity index (χ2v) is 5.87. The van der Waals surface area contributed by atoms with Crippen LogP contribution in [0.15, 0.2) is 36.7 Å². The maximum atomic E-state index is 9.86. The summed E-state index contributed by atoms with van der Waals surface area (Å²) in [5.41, 5.74) is -0.115. The van der Waals surface area contributed by atoms with Gasteiger partial charge in [0, 0.05) is 0 Å². The van der Waals surface area contributed by atoms with E-state index in [1.807, 2.05) is 35.0 Å². The van der Waals surface area contributed by atoms with Gasteiger partial charge in [0.2, 0.25) is 0 Å². The average molecular weight is 292 g/mol. The second kappa shape index (κ2) is 5.54. The molecule has 1 aliphatic carbocycles. The molecule has 0 radical (unpaired) electrons. The monoisotopic (exact) mass is 291 g/mol. The first kappa shape index (κ1) is 13.6. The number of rotatable bonds is 5. The summed E-state index contributed by atoms with van der Waals surface area (Å²) in [4.78, 5) is 4.35. The van der Waals surface area contributed by atoms with Gasteiger partial charge >= 0.3 is 0 Å². The van der Waals surface area contributed by atoms with Gasteiger partial charge < -0.3 is 5.11 Å². The van der Waals surface area contributed by atoms with Crippen molar-refractivity contribution in [3.05, 3.63) is 48.0 Å². The van der Waals surface area contributed by atoms with Gasteiger partial charge in [0.25, 0.3) is 0 Å². The Morgan fingerprint density at radius 3 is 2.60 bits per heavy atom. The Kier molecular flexibility index (Phi) is 3.76. The number of nitrogens with zero attached hydrogens (tertiary/aromatic N) is 3. The van der Waals surface area contributed by atoms with Gasteiger partial charge in [0.1, 0.15) is 11.9 Å². The summed E-state index contributed by atoms with van der Waals surface area (Å²) in [7, 11) is 0. The van der Waals surface area contributed by atoms with E-state index in [0.717, 1.165) is 5.56 Å². The first-order valence-electron chi connectivity index (χ1n) is 6.95. The highest BCUT2D eigenvalue weighted by Crippen LogP contribution is 2.39. The number of halogens is 1. The Labute approximate surface area is 123 Å². The van der Waals surface area contributed by atoms with Crippen LogP contribution in [0, 0.1) is 5.92 Å². The molecule has 106 valence electrons. The molecule has 0 saturated heterocycles. The number of alkyl halides is 1. The normalized spacial score (nSPS) is 19.6. The van der Waals surface area contributed by atoms with Gasteiger partial charge in [-0.15, -0.1) is 0 Å². The highest BCUT2D eigenvalue weighted by atomic mass is 35.5. The molecule has 0 bridgehead atoms. The van der Waals surface area contributed by atoms with Crippen LogP contribution in [0.5, 0.6) is 0 Å². The molecule has 1 aromatic heterocycles. The van der Waals surface area contributed by atoms with Crippen molar-refractivity contribution in [2.75, 3.05) is 0 Å². The predicted octanol–water partition coefficient (Wildman–Crippen LogP) is 2.94. The van der Waals surface area contributed by atoms with Crippen LogP contribution in [0.25, 0.3) is 0 Å². The summed E-state index contributed by atoms with van der Waals surface area (Å²) < 4.78 is 1.89. The molecule has 20 heavy (non-hydrogen) atoms. The largest absolute Gasteiger partial charge is 0.377 e. The van der Waals surface area contributed by atoms with Crippen LogP contribution >= 0.6 is 11.6 Å². The van der Waals surface area contributed by atoms with Crippen molar-refractivity contribution in [3.8, 4) is 0 Å². The smallest absolute Gasteiger partial charge is 0.161 e. The minimum Gasteiger partial charge on any atom is -0.377 e. The minimum absolute atomic E-state index is 0.361. The van der Waals surface area contributed by atoms with Crippen LogP contribution in [0.1, 0.15) is 43.1 Å². The van der Waals surface area contributed by atoms with Crippen LogP contribution < -0.4 is 0 Å². The molecule has 0 aliphatic heterocycles. The minimum atomic E-state index is -1.04. The molecule has 0 spiro atoms. The van der Waals surface area contributed by atoms with E-state index < -0.39 is 11.5 Å². The third-order valence-electron chi connectivity index (χ3n) is 3.96. The quantitative estimate of drug-likeness (QED) is 0.862. The molecular weight excluding hydrogens is 274 g/mol. The van der Waals surface area contributed by atoms with Crippen molar-refractivity contribution < 1.29 is 5.11 Å². The molecule has 0 amide bonds. The fourth-order valence-corrected chi connectivity index (χ4v) is 2.77. The first-order valence-corrected chi connectivity index (χ1v) is 7.38. The molecule has 1 saturated carbocycles. The van der Waals surface area contributed by atoms with Gasteiger partial charge in [-0.05, 0) is 31.2 Å². The summed E-state index contributed by atoms with van der Waals surface area (Å²) in [6, 6.07) is 10.0. The van der Waals surface area contributed by atoms with Gasteiger partial charge in [-0.2, -0.15) is 5.10 Å². The van der Waals surface area contributed by atoms with Gasteiger partial charge in [-0.1, -0.05) is 41.9 Å². The highest BCUT2D eigenvalue weighted by molar-refractivity contribution is 6.20. The zero-order chi connectivity index (χ0) is 14.1. The van der Waals surface area contributed by atoms with Gasteiger partial charge in [-0.25, -0.2) is 9.67 Å². The lowest BCUT2D eigenvalue weighted by atomic mass is 9.99. The Morgan fingerprint density at radius 2 is 2.00 bits per heavy atom. The second-order valence-electron chi connectivity index (χ2n) is 5.42. The Morgan fingerprint density at radius 1 is 1.30 bits per heavy atom. The van der Waals surface area contributed by atoms with Crippen molar-refractivity contribution in [2.24, 2.45) is 5.92 Å². The number of hydrogen-bond donors (Lipinski definition) is 1. The lowest BCUT2D eigenvalue weighted by Crippen LogP contribution is -2.16. The fourth-order valence-electron chi connectivity index (χ4n) is 2.51. The van der Waals surface area contributed by atoms with E-state index in [-0.39, 0.29) is 0 Å². The summed E-state index contributed by atoms with van der Waals surface area (Å²) in [6.45, 7) is 2.16. The molecule has 3 rings (SSSR count). The fraction of sp³-hybridized carbons (Fsp3) is 0.467. The van der Waals surface area contributed by atoms with Crippen molar-refractivity contribution in [1.82, 2.24) is 14.8 Å². The molecule has 5 heteroatoms. The van der Waals surface area contributed by atoms with Crippen LogP contribution in [0.4, 0.5) is 0 Å². The Hall–Kier alpha value is -1.39. The molecular formula is C15H18ClN3O. The zero-order valence-corrected chi connectivity index (χ0v) is 12.1. The maximum Gasteiger partial charge on any atom is 0.161 e. The van der Waals surface area contributed by atoms with Gasteiger partial charge in [0.15, 0.2) is 5.82 Å². The molecule has 4 nitrogen and oxygen atoms in total. The molecule has 3 atom stereocenters. The highest BCUT2D eigenvalue weighted by Gasteiger charge is 2.31. The zero-order valence-electron chi connectivity index (χ0n) is 11.4. The Bertz CT molecular complexity index is 566. The lowest BCUT2D eigenvalue weighted by molar-refractivity contribution is 0.233. The van der Waals surface area contributed by atoms with Crippen LogP contribution in [0.3, 0.4) is 0 Å². The summed E-state index contributed by atoms with van der Waals surface area (Å²) >= 11 is 5.94. The number of hydrogen-bond acceptors (Lipinski definition) is 3. The molecule has 1 N–H and O–H groups in total. The van der Waals surface area contributed by atoms with E-state index in [1.165, 1.54) is 12.8 Å². The van der Waals surface area contributed by atoms with E-state index in [4.69, 9.17) is 11.6 Å². The topological polar surface area (TPSA) is 50.9 Å². The first-order chi connectivity index (χ1) is 9.66. The third kappa shape index (κ3) is 2.72. The number of benzene rings is 1. The Balaban J connectivity index is 1.88. The van der Waals surface area contributed by atoms with E-state index in [2.05, 4.69) is 17.0 Å². The SMILES string of the molecule is CC(C1CC1)n1cnc(C(c2ccccc2)C(O)Cl)n1. The van der Waals surface area contributed by atoms with Crippen LogP contribution in [-0.4, -0.2) is 25.4 Å². The number of aliphatic hydroxyl groups is 1. The molecule has 2 aromatic rings. The van der Waals surface area contributed by atoms with Crippen LogP contribution in [0.2, 0.25) is 0 Å². The molecule has 3 unspecified atom stereocenters. The molecule has 1 fully saturated rings.